The SMILES string of the molecule is CC(=O)O[C@]1(C(C)=O)CC[C@H]2[C@@H]3C=C(Cl)C4=CC(O)CC[C@]4(C)[C@H]3CC[C@@]21C. The largest absolute Gasteiger partial charge is 0.451 e. The Kier molecular flexibility index (Phi) is 4.63. The molecule has 0 saturated heterocycles. The third-order valence-corrected chi connectivity index (χ3v) is 9.02. The molecule has 0 bridgehead atoms. The van der Waals surface area contributed by atoms with E-state index in [0.717, 1.165) is 42.7 Å². The highest BCUT2D eigenvalue weighted by molar-refractivity contribution is 6.32. The Bertz CT molecular complexity index is 785. The van der Waals surface area contributed by atoms with Crippen LogP contribution in [-0.4, -0.2) is 28.6 Å². The summed E-state index contributed by atoms with van der Waals surface area (Å²) in [6, 6.07) is 0. The molecule has 0 aromatic carbocycles. The van der Waals surface area contributed by atoms with Gasteiger partial charge >= 0.3 is 5.97 Å². The molecule has 1 unspecified atom stereocenters. The van der Waals surface area contributed by atoms with Crippen LogP contribution in [0.2, 0.25) is 0 Å². The molecule has 0 amide bonds. The smallest absolute Gasteiger partial charge is 0.303 e. The van der Waals surface area contributed by atoms with Gasteiger partial charge in [0.15, 0.2) is 11.4 Å². The standard InChI is InChI=1S/C23H31ClO4/c1-13(25)23(28-14(2)26)10-7-18-16-12-20(24)19-11-15(27)5-8-21(19,3)17(16)6-9-22(18,23)4/h11-12,15-18,27H,5-10H2,1-4H3/t15?,16-,17+,18+,21-,22+,23+/m1/s1. The Hall–Kier alpha value is -1.13. The van der Waals surface area contributed by atoms with E-state index in [2.05, 4.69) is 19.9 Å². The fourth-order valence-electron chi connectivity index (χ4n) is 7.28. The Morgan fingerprint density at radius 1 is 1.07 bits per heavy atom. The molecule has 5 heteroatoms. The first-order valence-electron chi connectivity index (χ1n) is 10.5. The molecule has 0 spiro atoms. The minimum Gasteiger partial charge on any atom is -0.451 e. The maximum atomic E-state index is 12.8. The molecule has 0 aromatic heterocycles. The number of hydrogen-bond donors (Lipinski definition) is 1. The lowest BCUT2D eigenvalue weighted by molar-refractivity contribution is -0.185. The number of ether oxygens (including phenoxy) is 1. The number of esters is 1. The first-order valence-corrected chi connectivity index (χ1v) is 10.9. The topological polar surface area (TPSA) is 63.6 Å². The van der Waals surface area contributed by atoms with Crippen molar-refractivity contribution < 1.29 is 19.4 Å². The van der Waals surface area contributed by atoms with Crippen molar-refractivity contribution in [2.24, 2.45) is 28.6 Å². The Morgan fingerprint density at radius 3 is 2.39 bits per heavy atom. The molecule has 4 aliphatic rings. The van der Waals surface area contributed by atoms with E-state index in [4.69, 9.17) is 16.3 Å². The van der Waals surface area contributed by atoms with Gasteiger partial charge in [0.05, 0.1) is 6.10 Å². The number of carbonyl (C=O) groups excluding carboxylic acids is 2. The number of ketones is 1. The molecular formula is C23H31ClO4. The van der Waals surface area contributed by atoms with Crippen molar-refractivity contribution in [1.29, 1.82) is 0 Å². The van der Waals surface area contributed by atoms with Crippen LogP contribution >= 0.6 is 11.6 Å². The van der Waals surface area contributed by atoms with Gasteiger partial charge < -0.3 is 9.84 Å². The lowest BCUT2D eigenvalue weighted by Gasteiger charge is -2.58. The zero-order valence-electron chi connectivity index (χ0n) is 17.3. The average Bonchev–Trinajstić information content (AvgIpc) is 2.90. The zero-order chi connectivity index (χ0) is 20.5. The molecule has 0 aliphatic heterocycles. The lowest BCUT2D eigenvalue weighted by Crippen LogP contribution is -2.58. The van der Waals surface area contributed by atoms with E-state index in [1.165, 1.54) is 6.92 Å². The highest BCUT2D eigenvalue weighted by atomic mass is 35.5. The molecule has 0 radical (unpaired) electrons. The van der Waals surface area contributed by atoms with E-state index in [0.29, 0.717) is 12.3 Å². The summed E-state index contributed by atoms with van der Waals surface area (Å²) in [5, 5.41) is 10.9. The van der Waals surface area contributed by atoms with Crippen LogP contribution in [0.3, 0.4) is 0 Å². The molecule has 4 rings (SSSR count). The van der Waals surface area contributed by atoms with Crippen LogP contribution in [0.5, 0.6) is 0 Å². The summed E-state index contributed by atoms with van der Waals surface area (Å²) < 4.78 is 5.80. The van der Waals surface area contributed by atoms with Crippen molar-refractivity contribution in [3.8, 4) is 0 Å². The summed E-state index contributed by atoms with van der Waals surface area (Å²) in [6.45, 7) is 7.40. The summed E-state index contributed by atoms with van der Waals surface area (Å²) in [4.78, 5) is 24.7. The van der Waals surface area contributed by atoms with Crippen LogP contribution in [0, 0.1) is 28.6 Å². The predicted molar refractivity (Wildman–Crippen MR) is 108 cm³/mol. The zero-order valence-corrected chi connectivity index (χ0v) is 18.0. The van der Waals surface area contributed by atoms with Gasteiger partial charge in [0, 0.05) is 17.4 Å². The minimum absolute atomic E-state index is 0.0374. The first kappa shape index (κ1) is 20.2. The number of halogens is 1. The van der Waals surface area contributed by atoms with Crippen LogP contribution in [-0.2, 0) is 14.3 Å². The summed E-state index contributed by atoms with van der Waals surface area (Å²) in [6.07, 6.45) is 8.68. The van der Waals surface area contributed by atoms with E-state index >= 15 is 0 Å². The van der Waals surface area contributed by atoms with Gasteiger partial charge in [-0.05, 0) is 74.2 Å². The molecule has 4 aliphatic carbocycles. The highest BCUT2D eigenvalue weighted by Crippen LogP contribution is 2.68. The molecule has 4 nitrogen and oxygen atoms in total. The Morgan fingerprint density at radius 2 is 1.75 bits per heavy atom. The number of carbonyl (C=O) groups is 2. The van der Waals surface area contributed by atoms with Crippen LogP contribution < -0.4 is 0 Å². The number of fused-ring (bicyclic) bond motifs is 5. The van der Waals surface area contributed by atoms with Crippen LogP contribution in [0.4, 0.5) is 0 Å². The van der Waals surface area contributed by atoms with Crippen molar-refractivity contribution in [3.05, 3.63) is 22.8 Å². The number of rotatable bonds is 2. The molecule has 154 valence electrons. The molecule has 0 aromatic rings. The maximum Gasteiger partial charge on any atom is 0.303 e. The highest BCUT2D eigenvalue weighted by Gasteiger charge is 2.67. The molecule has 2 fully saturated rings. The molecule has 2 saturated carbocycles. The van der Waals surface area contributed by atoms with Crippen molar-refractivity contribution >= 4 is 23.4 Å². The van der Waals surface area contributed by atoms with Crippen molar-refractivity contribution in [3.63, 3.8) is 0 Å². The van der Waals surface area contributed by atoms with Crippen molar-refractivity contribution in [2.75, 3.05) is 0 Å². The first-order chi connectivity index (χ1) is 13.0. The van der Waals surface area contributed by atoms with Gasteiger partial charge in [0.2, 0.25) is 0 Å². The molecule has 0 heterocycles. The van der Waals surface area contributed by atoms with Gasteiger partial charge in [-0.25, -0.2) is 0 Å². The average molecular weight is 407 g/mol. The monoisotopic (exact) mass is 406 g/mol. The van der Waals surface area contributed by atoms with Crippen LogP contribution in [0.25, 0.3) is 0 Å². The summed E-state index contributed by atoms with van der Waals surface area (Å²) >= 11 is 6.75. The molecular weight excluding hydrogens is 376 g/mol. The van der Waals surface area contributed by atoms with Crippen molar-refractivity contribution in [2.45, 2.75) is 77.9 Å². The predicted octanol–water partition coefficient (Wildman–Crippen LogP) is 4.54. The number of aliphatic hydroxyl groups excluding tert-OH is 1. The third kappa shape index (κ3) is 2.53. The van der Waals surface area contributed by atoms with Crippen molar-refractivity contribution in [1.82, 2.24) is 0 Å². The minimum atomic E-state index is -1.02. The van der Waals surface area contributed by atoms with E-state index < -0.39 is 11.7 Å². The quantitative estimate of drug-likeness (QED) is 0.683. The summed E-state index contributed by atoms with van der Waals surface area (Å²) in [5.41, 5.74) is -0.340. The van der Waals surface area contributed by atoms with E-state index in [1.807, 2.05) is 6.08 Å². The number of aliphatic hydroxyl groups is 1. The van der Waals surface area contributed by atoms with Gasteiger partial charge in [-0.1, -0.05) is 37.6 Å². The number of allylic oxidation sites excluding steroid dienone is 3. The summed E-state index contributed by atoms with van der Waals surface area (Å²) in [5.74, 6) is 0.542. The number of hydrogen-bond acceptors (Lipinski definition) is 4. The fraction of sp³-hybridized carbons (Fsp3) is 0.739. The number of Topliss-reactive ketones (excluding diaryl/α,β-unsaturated/α-hetero) is 1. The lowest BCUT2D eigenvalue weighted by atomic mass is 9.48. The second-order valence-electron chi connectivity index (χ2n) is 9.88. The Labute approximate surface area is 172 Å². The van der Waals surface area contributed by atoms with Gasteiger partial charge in [-0.15, -0.1) is 0 Å². The van der Waals surface area contributed by atoms with Gasteiger partial charge in [0.25, 0.3) is 0 Å². The second kappa shape index (κ2) is 6.43. The van der Waals surface area contributed by atoms with Gasteiger partial charge in [-0.3, -0.25) is 9.59 Å². The Balaban J connectivity index is 1.78. The maximum absolute atomic E-state index is 12.8. The normalized spacial score (nSPS) is 47.2. The van der Waals surface area contributed by atoms with Gasteiger partial charge in [-0.2, -0.15) is 0 Å². The molecule has 1 N–H and O–H groups in total. The van der Waals surface area contributed by atoms with Crippen LogP contribution in [0.1, 0.15) is 66.2 Å². The molecule has 7 atom stereocenters. The second-order valence-corrected chi connectivity index (χ2v) is 10.3. The molecule has 28 heavy (non-hydrogen) atoms. The summed E-state index contributed by atoms with van der Waals surface area (Å²) in [7, 11) is 0. The van der Waals surface area contributed by atoms with E-state index in [1.54, 1.807) is 6.92 Å². The van der Waals surface area contributed by atoms with E-state index in [9.17, 15) is 14.7 Å². The van der Waals surface area contributed by atoms with Gasteiger partial charge in [0.1, 0.15) is 0 Å². The third-order valence-electron chi connectivity index (χ3n) is 8.69. The van der Waals surface area contributed by atoms with Crippen LogP contribution in [0.15, 0.2) is 22.8 Å². The van der Waals surface area contributed by atoms with E-state index in [-0.39, 0.29) is 34.4 Å². The fourth-order valence-corrected chi connectivity index (χ4v) is 7.70.